The number of carbonyl (C=O) groups excluding carboxylic acids is 1. The summed E-state index contributed by atoms with van der Waals surface area (Å²) < 4.78 is 1.71. The van der Waals surface area contributed by atoms with E-state index in [-0.39, 0.29) is 5.91 Å². The van der Waals surface area contributed by atoms with Crippen LogP contribution in [0.5, 0.6) is 0 Å². The number of aromatic nitrogens is 2. The van der Waals surface area contributed by atoms with Gasteiger partial charge in [0.1, 0.15) is 0 Å². The van der Waals surface area contributed by atoms with E-state index in [9.17, 15) is 4.79 Å². The minimum absolute atomic E-state index is 0.242. The second-order valence-electron chi connectivity index (χ2n) is 3.71. The first-order chi connectivity index (χ1) is 8.19. The van der Waals surface area contributed by atoms with Crippen molar-refractivity contribution in [3.8, 4) is 5.69 Å². The van der Waals surface area contributed by atoms with Gasteiger partial charge < -0.3 is 5.32 Å². The molecule has 4 nitrogen and oxygen atoms in total. The van der Waals surface area contributed by atoms with E-state index in [1.807, 2.05) is 31.2 Å². The Hall–Kier alpha value is -2.36. The van der Waals surface area contributed by atoms with Crippen LogP contribution in [0.4, 0.5) is 5.69 Å². The number of amides is 1. The molecule has 0 saturated carbocycles. The lowest BCUT2D eigenvalue weighted by molar-refractivity contribution is -0.111. The van der Waals surface area contributed by atoms with Crippen molar-refractivity contribution < 1.29 is 4.79 Å². The quantitative estimate of drug-likeness (QED) is 0.818. The summed E-state index contributed by atoms with van der Waals surface area (Å²) in [6, 6.07) is 7.97. The van der Waals surface area contributed by atoms with Gasteiger partial charge in [-0.3, -0.25) is 4.79 Å². The molecule has 0 fully saturated rings. The largest absolute Gasteiger partial charge is 0.320 e. The van der Waals surface area contributed by atoms with Crippen LogP contribution in [-0.4, -0.2) is 15.7 Å². The maximum atomic E-state index is 11.1. The Balaban J connectivity index is 2.23. The van der Waals surface area contributed by atoms with E-state index in [1.165, 1.54) is 6.08 Å². The Kier molecular flexibility index (Phi) is 3.05. The highest BCUT2D eigenvalue weighted by Gasteiger charge is 2.02. The minimum atomic E-state index is -0.242. The number of aryl methyl sites for hydroxylation is 1. The predicted molar refractivity (Wildman–Crippen MR) is 67.1 cm³/mol. The average molecular weight is 227 g/mol. The number of nitrogens with one attached hydrogen (secondary N) is 1. The molecule has 0 bridgehead atoms. The standard InChI is InChI=1S/C13H13N3O/c1-3-13(17)15-11-8-14-16(9-11)12-6-4-5-10(2)7-12/h3-9H,1H2,2H3,(H,15,17). The molecule has 1 amide bonds. The van der Waals surface area contributed by atoms with Crippen LogP contribution < -0.4 is 5.32 Å². The zero-order chi connectivity index (χ0) is 12.3. The summed E-state index contributed by atoms with van der Waals surface area (Å²) in [5, 5.41) is 6.84. The first kappa shape index (κ1) is 11.1. The summed E-state index contributed by atoms with van der Waals surface area (Å²) in [5.74, 6) is -0.242. The molecule has 1 N–H and O–H groups in total. The molecule has 0 radical (unpaired) electrons. The third-order valence-electron chi connectivity index (χ3n) is 2.30. The van der Waals surface area contributed by atoms with Gasteiger partial charge in [0.05, 0.1) is 23.8 Å². The first-order valence-electron chi connectivity index (χ1n) is 5.24. The van der Waals surface area contributed by atoms with E-state index < -0.39 is 0 Å². The molecule has 1 heterocycles. The first-order valence-corrected chi connectivity index (χ1v) is 5.24. The number of hydrogen-bond donors (Lipinski definition) is 1. The lowest BCUT2D eigenvalue weighted by atomic mass is 10.2. The van der Waals surface area contributed by atoms with Crippen molar-refractivity contribution in [1.82, 2.24) is 9.78 Å². The van der Waals surface area contributed by atoms with Gasteiger partial charge >= 0.3 is 0 Å². The summed E-state index contributed by atoms with van der Waals surface area (Å²) in [6.45, 7) is 5.42. The molecule has 4 heteroatoms. The number of rotatable bonds is 3. The van der Waals surface area contributed by atoms with E-state index >= 15 is 0 Å². The normalized spacial score (nSPS) is 9.94. The summed E-state index contributed by atoms with van der Waals surface area (Å²) in [6.07, 6.45) is 4.59. The van der Waals surface area contributed by atoms with Crippen LogP contribution in [-0.2, 0) is 4.79 Å². The third-order valence-corrected chi connectivity index (χ3v) is 2.30. The van der Waals surface area contributed by atoms with E-state index in [0.29, 0.717) is 5.69 Å². The molecule has 86 valence electrons. The SMILES string of the molecule is C=CC(=O)Nc1cnn(-c2cccc(C)c2)c1. The van der Waals surface area contributed by atoms with Crippen LogP contribution in [0, 0.1) is 6.92 Å². The van der Waals surface area contributed by atoms with Gasteiger partial charge in [0, 0.05) is 0 Å². The van der Waals surface area contributed by atoms with Crippen LogP contribution in [0.15, 0.2) is 49.3 Å². The molecule has 0 aliphatic rings. The van der Waals surface area contributed by atoms with E-state index in [4.69, 9.17) is 0 Å². The summed E-state index contributed by atoms with van der Waals surface area (Å²) in [7, 11) is 0. The Morgan fingerprint density at radius 2 is 2.35 bits per heavy atom. The molecule has 1 aromatic heterocycles. The molecule has 0 unspecified atom stereocenters. The van der Waals surface area contributed by atoms with Crippen molar-refractivity contribution in [2.24, 2.45) is 0 Å². The van der Waals surface area contributed by atoms with Gasteiger partial charge in [0.2, 0.25) is 5.91 Å². The molecular weight excluding hydrogens is 214 g/mol. The molecule has 0 aliphatic carbocycles. The van der Waals surface area contributed by atoms with Crippen LogP contribution in [0.3, 0.4) is 0 Å². The highest BCUT2D eigenvalue weighted by molar-refractivity contribution is 5.98. The Morgan fingerprint density at radius 1 is 1.53 bits per heavy atom. The maximum Gasteiger partial charge on any atom is 0.247 e. The van der Waals surface area contributed by atoms with Gasteiger partial charge in [0.25, 0.3) is 0 Å². The van der Waals surface area contributed by atoms with Crippen molar-refractivity contribution in [2.75, 3.05) is 5.32 Å². The number of carbonyl (C=O) groups is 1. The molecule has 2 rings (SSSR count). The zero-order valence-corrected chi connectivity index (χ0v) is 9.55. The number of hydrogen-bond acceptors (Lipinski definition) is 2. The van der Waals surface area contributed by atoms with Crippen molar-refractivity contribution in [2.45, 2.75) is 6.92 Å². The Bertz CT molecular complexity index is 557. The van der Waals surface area contributed by atoms with Crippen molar-refractivity contribution in [3.63, 3.8) is 0 Å². The number of nitrogens with zero attached hydrogens (tertiary/aromatic N) is 2. The smallest absolute Gasteiger partial charge is 0.247 e. The second-order valence-corrected chi connectivity index (χ2v) is 3.71. The van der Waals surface area contributed by atoms with Crippen molar-refractivity contribution in [1.29, 1.82) is 0 Å². The lowest BCUT2D eigenvalue weighted by Crippen LogP contribution is -2.06. The van der Waals surface area contributed by atoms with Crippen molar-refractivity contribution in [3.05, 3.63) is 54.9 Å². The van der Waals surface area contributed by atoms with Gasteiger partial charge in [-0.05, 0) is 30.7 Å². The molecule has 0 atom stereocenters. The van der Waals surface area contributed by atoms with Gasteiger partial charge in [-0.15, -0.1) is 0 Å². The molecule has 1 aromatic carbocycles. The van der Waals surface area contributed by atoms with Crippen LogP contribution in [0.1, 0.15) is 5.56 Å². The number of anilines is 1. The van der Waals surface area contributed by atoms with E-state index in [0.717, 1.165) is 11.3 Å². The molecule has 0 spiro atoms. The van der Waals surface area contributed by atoms with E-state index in [1.54, 1.807) is 17.1 Å². The predicted octanol–water partition coefficient (Wildman–Crippen LogP) is 2.31. The average Bonchev–Trinajstić information content (AvgIpc) is 2.77. The van der Waals surface area contributed by atoms with Gasteiger partial charge in [-0.25, -0.2) is 4.68 Å². The summed E-state index contributed by atoms with van der Waals surface area (Å²) >= 11 is 0. The van der Waals surface area contributed by atoms with Gasteiger partial charge in [0.15, 0.2) is 0 Å². The fourth-order valence-electron chi connectivity index (χ4n) is 1.49. The Labute approximate surface area is 99.6 Å². The van der Waals surface area contributed by atoms with Gasteiger partial charge in [-0.2, -0.15) is 5.10 Å². The fraction of sp³-hybridized carbons (Fsp3) is 0.0769. The third kappa shape index (κ3) is 2.60. The van der Waals surface area contributed by atoms with Crippen molar-refractivity contribution >= 4 is 11.6 Å². The molecule has 2 aromatic rings. The molecule has 0 saturated heterocycles. The van der Waals surface area contributed by atoms with Crippen LogP contribution in [0.2, 0.25) is 0 Å². The fourth-order valence-corrected chi connectivity index (χ4v) is 1.49. The van der Waals surface area contributed by atoms with Crippen LogP contribution in [0.25, 0.3) is 5.69 Å². The Morgan fingerprint density at radius 3 is 3.06 bits per heavy atom. The zero-order valence-electron chi connectivity index (χ0n) is 9.55. The number of benzene rings is 1. The minimum Gasteiger partial charge on any atom is -0.320 e. The van der Waals surface area contributed by atoms with Crippen LogP contribution >= 0.6 is 0 Å². The molecule has 0 aliphatic heterocycles. The lowest BCUT2D eigenvalue weighted by Gasteiger charge is -2.01. The topological polar surface area (TPSA) is 46.9 Å². The summed E-state index contributed by atoms with van der Waals surface area (Å²) in [4.78, 5) is 11.1. The van der Waals surface area contributed by atoms with Gasteiger partial charge in [-0.1, -0.05) is 18.7 Å². The highest BCUT2D eigenvalue weighted by Crippen LogP contribution is 2.12. The second kappa shape index (κ2) is 4.65. The summed E-state index contributed by atoms with van der Waals surface area (Å²) in [5.41, 5.74) is 2.77. The molecule has 17 heavy (non-hydrogen) atoms. The van der Waals surface area contributed by atoms with E-state index in [2.05, 4.69) is 17.0 Å². The molecular formula is C13H13N3O. The highest BCUT2D eigenvalue weighted by atomic mass is 16.1. The monoisotopic (exact) mass is 227 g/mol. The maximum absolute atomic E-state index is 11.1.